The molecule has 5 aromatic rings. The third-order valence-electron chi connectivity index (χ3n) is 11.8. The molecule has 9 rings (SSSR count). The van der Waals surface area contributed by atoms with Crippen LogP contribution in [0.25, 0.3) is 17.3 Å². The normalized spacial score (nSPS) is 21.6. The Morgan fingerprint density at radius 1 is 0.862 bits per heavy atom. The predicted octanol–water partition coefficient (Wildman–Crippen LogP) is 12.2. The topological polar surface area (TPSA) is 94.6 Å². The van der Waals surface area contributed by atoms with Gasteiger partial charge in [-0.25, -0.2) is 4.98 Å². The standard InChI is InChI=1S/C25H27ClO.C23H21ClN2O4S/c26-22-9-7-21(8-10-22)24-13-19-12-20(14-24)16-25(15-19,17-24)23(27)11-6-18-4-2-1-3-5-18;1-3-4-22(28)30-19-11-5-15(13-20(19)29-2)6-12-21(27)26-23-25-18(14-31-23)16-7-9-17(24)10-8-16/h1-5,7-10,19-20H,6,11-17H2;5-14H,3-4H2,1-2H3,(H,25,26,27)/b;12-6+. The number of ether oxygens (including phenoxy) is 2. The van der Waals surface area contributed by atoms with E-state index in [1.54, 1.807) is 36.4 Å². The summed E-state index contributed by atoms with van der Waals surface area (Å²) in [4.78, 5) is 41.9. The molecule has 2 unspecified atom stereocenters. The largest absolute Gasteiger partial charge is 0.493 e. The van der Waals surface area contributed by atoms with E-state index >= 15 is 0 Å². The van der Waals surface area contributed by atoms with Gasteiger partial charge in [0.1, 0.15) is 5.78 Å². The molecule has 1 aromatic heterocycles. The number of aryl methyl sites for hydroxylation is 1. The third-order valence-corrected chi connectivity index (χ3v) is 13.0. The number of ketones is 1. The summed E-state index contributed by atoms with van der Waals surface area (Å²) in [6.07, 6.45) is 12.8. The van der Waals surface area contributed by atoms with Crippen LogP contribution in [0.15, 0.2) is 109 Å². The monoisotopic (exact) mass is 834 g/mol. The van der Waals surface area contributed by atoms with Crippen LogP contribution in [0.5, 0.6) is 11.5 Å². The van der Waals surface area contributed by atoms with Crippen molar-refractivity contribution in [3.8, 4) is 22.8 Å². The maximum absolute atomic E-state index is 13.5. The van der Waals surface area contributed by atoms with Crippen molar-refractivity contribution in [2.45, 2.75) is 76.5 Å². The van der Waals surface area contributed by atoms with Crippen molar-refractivity contribution >= 4 is 63.4 Å². The highest BCUT2D eigenvalue weighted by Crippen LogP contribution is 2.66. The Morgan fingerprint density at radius 2 is 1.55 bits per heavy atom. The number of Topliss-reactive ketones (excluding diaryl/α,β-unsaturated/α-hetero) is 1. The van der Waals surface area contributed by atoms with Crippen LogP contribution >= 0.6 is 34.5 Å². The first-order valence-electron chi connectivity index (χ1n) is 20.0. The van der Waals surface area contributed by atoms with Gasteiger partial charge >= 0.3 is 5.97 Å². The first-order chi connectivity index (χ1) is 28.0. The Hall–Kier alpha value is -4.76. The van der Waals surface area contributed by atoms with Crippen LogP contribution in [0.1, 0.15) is 81.4 Å². The van der Waals surface area contributed by atoms with E-state index in [9.17, 15) is 14.4 Å². The Labute approximate surface area is 354 Å². The molecule has 0 aliphatic heterocycles. The van der Waals surface area contributed by atoms with Gasteiger partial charge in [0.25, 0.3) is 0 Å². The first kappa shape index (κ1) is 41.4. The Kier molecular flexibility index (Phi) is 13.2. The Balaban J connectivity index is 0.000000178. The molecule has 7 nitrogen and oxygen atoms in total. The van der Waals surface area contributed by atoms with Crippen LogP contribution in [0.3, 0.4) is 0 Å². The molecule has 1 N–H and O–H groups in total. The summed E-state index contributed by atoms with van der Waals surface area (Å²) in [5.74, 6) is 2.11. The average Bonchev–Trinajstić information content (AvgIpc) is 3.68. The minimum absolute atomic E-state index is 0.0709. The number of anilines is 1. The third kappa shape index (κ3) is 9.91. The van der Waals surface area contributed by atoms with Gasteiger partial charge in [0.2, 0.25) is 5.91 Å². The summed E-state index contributed by atoms with van der Waals surface area (Å²) >= 11 is 13.4. The van der Waals surface area contributed by atoms with E-state index < -0.39 is 0 Å². The van der Waals surface area contributed by atoms with Crippen LogP contribution in [0, 0.1) is 17.3 Å². The number of methoxy groups -OCH3 is 1. The summed E-state index contributed by atoms with van der Waals surface area (Å²) in [6, 6.07) is 31.4. The molecule has 10 heteroatoms. The molecule has 4 aromatic carbocycles. The SMILES string of the molecule is CCCC(=O)Oc1ccc(/C=C/C(=O)Nc2nc(-c3ccc(Cl)cc3)cs2)cc1OC.O=C(CCc1ccccc1)C12CC3CC(C1)CC(c1ccc(Cl)cc1)(C3)C2. The minimum atomic E-state index is -0.315. The molecule has 1 heterocycles. The molecule has 4 aliphatic carbocycles. The number of carbonyl (C=O) groups excluding carboxylic acids is 3. The highest BCUT2D eigenvalue weighted by Gasteiger charge is 2.60. The minimum Gasteiger partial charge on any atom is -0.493 e. The lowest BCUT2D eigenvalue weighted by molar-refractivity contribution is -0.146. The van der Waals surface area contributed by atoms with Crippen LogP contribution < -0.4 is 14.8 Å². The fourth-order valence-corrected chi connectivity index (χ4v) is 10.5. The summed E-state index contributed by atoms with van der Waals surface area (Å²) in [7, 11) is 1.49. The second-order valence-electron chi connectivity index (χ2n) is 15.9. The quantitative estimate of drug-likeness (QED) is 0.0721. The Morgan fingerprint density at radius 3 is 2.22 bits per heavy atom. The number of nitrogens with zero attached hydrogens (tertiary/aromatic N) is 1. The van der Waals surface area contributed by atoms with Crippen molar-refractivity contribution in [3.63, 3.8) is 0 Å². The highest BCUT2D eigenvalue weighted by atomic mass is 35.5. The first-order valence-corrected chi connectivity index (χ1v) is 21.6. The number of hydrogen-bond acceptors (Lipinski definition) is 7. The smallest absolute Gasteiger partial charge is 0.311 e. The number of thiazole rings is 1. The van der Waals surface area contributed by atoms with Crippen molar-refractivity contribution in [2.24, 2.45) is 17.3 Å². The van der Waals surface area contributed by atoms with Crippen LogP contribution in [-0.2, 0) is 26.2 Å². The lowest BCUT2D eigenvalue weighted by Crippen LogP contribution is -2.56. The van der Waals surface area contributed by atoms with E-state index in [-0.39, 0.29) is 22.7 Å². The molecule has 4 bridgehead atoms. The maximum Gasteiger partial charge on any atom is 0.311 e. The van der Waals surface area contributed by atoms with Crippen molar-refractivity contribution in [1.82, 2.24) is 4.98 Å². The number of benzene rings is 4. The lowest BCUT2D eigenvalue weighted by atomic mass is 9.42. The number of rotatable bonds is 13. The molecular formula is C48H48Cl2N2O5S. The fraction of sp³-hybridized carbons (Fsp3) is 0.333. The second-order valence-corrected chi connectivity index (χ2v) is 17.7. The van der Waals surface area contributed by atoms with Gasteiger partial charge in [0, 0.05) is 45.3 Å². The molecule has 4 aliphatic rings. The van der Waals surface area contributed by atoms with Crippen molar-refractivity contribution in [2.75, 3.05) is 12.4 Å². The number of carbonyl (C=O) groups is 3. The average molecular weight is 836 g/mol. The van der Waals surface area contributed by atoms with Gasteiger partial charge < -0.3 is 9.47 Å². The molecule has 58 heavy (non-hydrogen) atoms. The van der Waals surface area contributed by atoms with E-state index in [1.807, 2.05) is 42.6 Å². The second kappa shape index (κ2) is 18.4. The molecule has 4 fully saturated rings. The van der Waals surface area contributed by atoms with E-state index in [2.05, 4.69) is 46.7 Å². The summed E-state index contributed by atoms with van der Waals surface area (Å²) < 4.78 is 10.6. The van der Waals surface area contributed by atoms with E-state index in [0.717, 1.165) is 59.4 Å². The van der Waals surface area contributed by atoms with E-state index in [0.29, 0.717) is 46.7 Å². The Bertz CT molecular complexity index is 2240. The predicted molar refractivity (Wildman–Crippen MR) is 234 cm³/mol. The number of amides is 1. The maximum atomic E-state index is 13.5. The molecule has 300 valence electrons. The van der Waals surface area contributed by atoms with Crippen molar-refractivity contribution in [3.05, 3.63) is 135 Å². The summed E-state index contributed by atoms with van der Waals surface area (Å²) in [5.41, 5.74) is 5.24. The van der Waals surface area contributed by atoms with Gasteiger partial charge in [-0.3, -0.25) is 19.7 Å². The zero-order chi connectivity index (χ0) is 40.7. The van der Waals surface area contributed by atoms with Gasteiger partial charge in [0.15, 0.2) is 16.6 Å². The van der Waals surface area contributed by atoms with E-state index in [4.69, 9.17) is 32.7 Å². The van der Waals surface area contributed by atoms with Crippen molar-refractivity contribution in [1.29, 1.82) is 0 Å². The van der Waals surface area contributed by atoms with Gasteiger partial charge in [-0.15, -0.1) is 11.3 Å². The molecule has 0 spiro atoms. The molecule has 0 radical (unpaired) electrons. The van der Waals surface area contributed by atoms with Crippen LogP contribution in [0.2, 0.25) is 10.0 Å². The molecular weight excluding hydrogens is 788 g/mol. The van der Waals surface area contributed by atoms with Gasteiger partial charge in [-0.2, -0.15) is 0 Å². The van der Waals surface area contributed by atoms with Gasteiger partial charge in [-0.1, -0.05) is 90.8 Å². The number of aromatic nitrogens is 1. The molecule has 4 saturated carbocycles. The van der Waals surface area contributed by atoms with Crippen molar-refractivity contribution < 1.29 is 23.9 Å². The zero-order valence-electron chi connectivity index (χ0n) is 32.8. The number of halogens is 2. The summed E-state index contributed by atoms with van der Waals surface area (Å²) in [5, 5.41) is 6.57. The molecule has 1 amide bonds. The van der Waals surface area contributed by atoms with Gasteiger partial charge in [-0.05, 0) is 128 Å². The lowest BCUT2D eigenvalue weighted by Gasteiger charge is -2.62. The van der Waals surface area contributed by atoms with Crippen LogP contribution in [-0.4, -0.2) is 29.8 Å². The number of esters is 1. The van der Waals surface area contributed by atoms with E-state index in [1.165, 1.54) is 54.9 Å². The summed E-state index contributed by atoms with van der Waals surface area (Å²) in [6.45, 7) is 1.90. The molecule has 2 atom stereocenters. The van der Waals surface area contributed by atoms with Gasteiger partial charge in [0.05, 0.1) is 12.8 Å². The number of hydrogen-bond donors (Lipinski definition) is 1. The zero-order valence-corrected chi connectivity index (χ0v) is 35.2. The van der Waals surface area contributed by atoms with Crippen LogP contribution in [0.4, 0.5) is 5.13 Å². The number of nitrogens with one attached hydrogen (secondary N) is 1. The highest BCUT2D eigenvalue weighted by molar-refractivity contribution is 7.14. The fourth-order valence-electron chi connectivity index (χ4n) is 9.55. The molecule has 0 saturated heterocycles.